The third kappa shape index (κ3) is 3.61. The van der Waals surface area contributed by atoms with Crippen molar-refractivity contribution in [3.8, 4) is 0 Å². The second kappa shape index (κ2) is 6.58. The number of rotatable bonds is 5. The quantitative estimate of drug-likeness (QED) is 0.891. The Kier molecular flexibility index (Phi) is 4.80. The molecule has 0 aliphatic carbocycles. The van der Waals surface area contributed by atoms with E-state index in [-0.39, 0.29) is 0 Å². The standard InChI is InChI=1S/C18H23NO/c1-4-19(17-11-7-15(3)8-12-17)13-18(20)16-9-5-14(2)6-10-16/h5-12,18,20H,4,13H2,1-3H3. The molecule has 1 atom stereocenters. The molecule has 0 aliphatic heterocycles. The lowest BCUT2D eigenvalue weighted by atomic mass is 10.1. The molecule has 0 saturated heterocycles. The average Bonchev–Trinajstić information content (AvgIpc) is 2.46. The van der Waals surface area contributed by atoms with E-state index in [0.29, 0.717) is 6.54 Å². The van der Waals surface area contributed by atoms with E-state index in [2.05, 4.69) is 49.9 Å². The van der Waals surface area contributed by atoms with Gasteiger partial charge in [0.2, 0.25) is 0 Å². The first kappa shape index (κ1) is 14.6. The molecule has 0 spiro atoms. The van der Waals surface area contributed by atoms with Crippen molar-refractivity contribution < 1.29 is 5.11 Å². The number of hydrogen-bond acceptors (Lipinski definition) is 2. The maximum atomic E-state index is 10.4. The molecule has 0 aromatic heterocycles. The van der Waals surface area contributed by atoms with Crippen molar-refractivity contribution in [2.45, 2.75) is 26.9 Å². The van der Waals surface area contributed by atoms with Gasteiger partial charge in [-0.25, -0.2) is 0 Å². The highest BCUT2D eigenvalue weighted by Gasteiger charge is 2.12. The summed E-state index contributed by atoms with van der Waals surface area (Å²) >= 11 is 0. The van der Waals surface area contributed by atoms with Gasteiger partial charge in [0.15, 0.2) is 0 Å². The van der Waals surface area contributed by atoms with Crippen molar-refractivity contribution in [3.63, 3.8) is 0 Å². The topological polar surface area (TPSA) is 23.5 Å². The Morgan fingerprint density at radius 3 is 1.90 bits per heavy atom. The van der Waals surface area contributed by atoms with E-state index in [4.69, 9.17) is 0 Å². The predicted molar refractivity (Wildman–Crippen MR) is 85.2 cm³/mol. The Balaban J connectivity index is 2.09. The van der Waals surface area contributed by atoms with Crippen LogP contribution in [0.3, 0.4) is 0 Å². The molecule has 0 amide bonds. The maximum Gasteiger partial charge on any atom is 0.0964 e. The molecule has 0 bridgehead atoms. The van der Waals surface area contributed by atoms with Crippen LogP contribution in [0.2, 0.25) is 0 Å². The number of nitrogens with zero attached hydrogens (tertiary/aromatic N) is 1. The molecule has 2 heteroatoms. The van der Waals surface area contributed by atoms with Gasteiger partial charge in [0.05, 0.1) is 6.10 Å². The Hall–Kier alpha value is -1.80. The second-order valence-corrected chi connectivity index (χ2v) is 5.30. The van der Waals surface area contributed by atoms with Crippen molar-refractivity contribution >= 4 is 5.69 Å². The van der Waals surface area contributed by atoms with E-state index in [1.807, 2.05) is 24.3 Å². The highest BCUT2D eigenvalue weighted by molar-refractivity contribution is 5.47. The Bertz CT molecular complexity index is 530. The van der Waals surface area contributed by atoms with Gasteiger partial charge in [-0.1, -0.05) is 47.5 Å². The SMILES string of the molecule is CCN(CC(O)c1ccc(C)cc1)c1ccc(C)cc1. The summed E-state index contributed by atoms with van der Waals surface area (Å²) in [6.45, 7) is 7.75. The van der Waals surface area contributed by atoms with Crippen molar-refractivity contribution in [1.82, 2.24) is 0 Å². The summed E-state index contributed by atoms with van der Waals surface area (Å²) in [7, 11) is 0. The minimum atomic E-state index is -0.461. The van der Waals surface area contributed by atoms with E-state index >= 15 is 0 Å². The molecular weight excluding hydrogens is 246 g/mol. The van der Waals surface area contributed by atoms with Gasteiger partial charge in [0.1, 0.15) is 0 Å². The molecule has 2 aromatic rings. The van der Waals surface area contributed by atoms with Crippen molar-refractivity contribution in [2.24, 2.45) is 0 Å². The van der Waals surface area contributed by atoms with Crippen molar-refractivity contribution in [3.05, 3.63) is 65.2 Å². The summed E-state index contributed by atoms with van der Waals surface area (Å²) in [6.07, 6.45) is -0.461. The molecule has 2 aromatic carbocycles. The zero-order valence-corrected chi connectivity index (χ0v) is 12.5. The molecule has 2 rings (SSSR count). The van der Waals surface area contributed by atoms with Crippen LogP contribution in [0.4, 0.5) is 5.69 Å². The third-order valence-corrected chi connectivity index (χ3v) is 3.64. The van der Waals surface area contributed by atoms with Gasteiger partial charge < -0.3 is 10.0 Å². The fourth-order valence-electron chi connectivity index (χ4n) is 2.28. The van der Waals surface area contributed by atoms with Gasteiger partial charge in [0.25, 0.3) is 0 Å². The monoisotopic (exact) mass is 269 g/mol. The lowest BCUT2D eigenvalue weighted by Gasteiger charge is -2.26. The van der Waals surface area contributed by atoms with E-state index in [0.717, 1.165) is 17.8 Å². The average molecular weight is 269 g/mol. The van der Waals surface area contributed by atoms with Crippen LogP contribution in [0, 0.1) is 13.8 Å². The zero-order chi connectivity index (χ0) is 14.5. The molecule has 0 aliphatic rings. The Morgan fingerprint density at radius 2 is 1.40 bits per heavy atom. The first-order valence-electron chi connectivity index (χ1n) is 7.16. The fourth-order valence-corrected chi connectivity index (χ4v) is 2.28. The maximum absolute atomic E-state index is 10.4. The van der Waals surface area contributed by atoms with Gasteiger partial charge in [-0.15, -0.1) is 0 Å². The Labute approximate surface area is 121 Å². The van der Waals surface area contributed by atoms with Crippen LogP contribution in [0.15, 0.2) is 48.5 Å². The summed E-state index contributed by atoms with van der Waals surface area (Å²) in [6, 6.07) is 16.5. The predicted octanol–water partition coefficient (Wildman–Crippen LogP) is 3.86. The molecule has 0 fully saturated rings. The summed E-state index contributed by atoms with van der Waals surface area (Å²) in [4.78, 5) is 2.20. The molecule has 0 radical (unpaired) electrons. The molecule has 1 unspecified atom stereocenters. The van der Waals surface area contributed by atoms with Gasteiger partial charge >= 0.3 is 0 Å². The van der Waals surface area contributed by atoms with Crippen LogP contribution >= 0.6 is 0 Å². The van der Waals surface area contributed by atoms with E-state index in [1.54, 1.807) is 0 Å². The Morgan fingerprint density at radius 1 is 0.900 bits per heavy atom. The summed E-state index contributed by atoms with van der Waals surface area (Å²) in [5.74, 6) is 0. The molecular formula is C18H23NO. The van der Waals surface area contributed by atoms with Crippen LogP contribution in [0.25, 0.3) is 0 Å². The number of aliphatic hydroxyl groups is 1. The smallest absolute Gasteiger partial charge is 0.0964 e. The molecule has 20 heavy (non-hydrogen) atoms. The van der Waals surface area contributed by atoms with Crippen molar-refractivity contribution in [1.29, 1.82) is 0 Å². The minimum absolute atomic E-state index is 0.461. The van der Waals surface area contributed by atoms with Crippen LogP contribution in [-0.4, -0.2) is 18.2 Å². The van der Waals surface area contributed by atoms with E-state index < -0.39 is 6.10 Å². The lowest BCUT2D eigenvalue weighted by Crippen LogP contribution is -2.28. The highest BCUT2D eigenvalue weighted by Crippen LogP contribution is 2.20. The fraction of sp³-hybridized carbons (Fsp3) is 0.333. The molecule has 1 N–H and O–H groups in total. The van der Waals surface area contributed by atoms with Crippen LogP contribution in [0.5, 0.6) is 0 Å². The first-order chi connectivity index (χ1) is 9.60. The largest absolute Gasteiger partial charge is 0.387 e. The molecule has 0 saturated carbocycles. The molecule has 0 heterocycles. The van der Waals surface area contributed by atoms with Gasteiger partial charge in [-0.3, -0.25) is 0 Å². The number of likely N-dealkylation sites (N-methyl/N-ethyl adjacent to an activating group) is 1. The zero-order valence-electron chi connectivity index (χ0n) is 12.5. The third-order valence-electron chi connectivity index (χ3n) is 3.64. The normalized spacial score (nSPS) is 12.2. The number of aryl methyl sites for hydroxylation is 2. The first-order valence-corrected chi connectivity index (χ1v) is 7.16. The summed E-state index contributed by atoms with van der Waals surface area (Å²) in [5.41, 5.74) is 4.60. The van der Waals surface area contributed by atoms with Gasteiger partial charge in [-0.05, 0) is 38.5 Å². The van der Waals surface area contributed by atoms with Crippen molar-refractivity contribution in [2.75, 3.05) is 18.0 Å². The molecule has 106 valence electrons. The minimum Gasteiger partial charge on any atom is -0.387 e. The van der Waals surface area contributed by atoms with E-state index in [1.165, 1.54) is 11.1 Å². The number of hydrogen-bond donors (Lipinski definition) is 1. The number of benzene rings is 2. The van der Waals surface area contributed by atoms with E-state index in [9.17, 15) is 5.11 Å². The van der Waals surface area contributed by atoms with Gasteiger partial charge in [-0.2, -0.15) is 0 Å². The second-order valence-electron chi connectivity index (χ2n) is 5.30. The summed E-state index contributed by atoms with van der Waals surface area (Å²) < 4.78 is 0. The van der Waals surface area contributed by atoms with Crippen LogP contribution in [-0.2, 0) is 0 Å². The molecule has 2 nitrogen and oxygen atoms in total. The number of anilines is 1. The lowest BCUT2D eigenvalue weighted by molar-refractivity contribution is 0.183. The summed E-state index contributed by atoms with van der Waals surface area (Å²) in [5, 5.41) is 10.4. The van der Waals surface area contributed by atoms with Crippen LogP contribution in [0.1, 0.15) is 29.7 Å². The van der Waals surface area contributed by atoms with Crippen LogP contribution < -0.4 is 4.90 Å². The number of aliphatic hydroxyl groups excluding tert-OH is 1. The van der Waals surface area contributed by atoms with Gasteiger partial charge in [0, 0.05) is 18.8 Å². The highest BCUT2D eigenvalue weighted by atomic mass is 16.3.